The van der Waals surface area contributed by atoms with Crippen molar-refractivity contribution in [1.29, 1.82) is 0 Å². The van der Waals surface area contributed by atoms with Gasteiger partial charge in [0.15, 0.2) is 5.13 Å². The molecule has 0 saturated carbocycles. The van der Waals surface area contributed by atoms with Gasteiger partial charge in [0.05, 0.1) is 11.7 Å². The lowest BCUT2D eigenvalue weighted by Gasteiger charge is -2.10. The number of nitrogens with zero attached hydrogens (tertiary/aromatic N) is 2. The van der Waals surface area contributed by atoms with Gasteiger partial charge in [-0.1, -0.05) is 6.92 Å². The Morgan fingerprint density at radius 2 is 2.32 bits per heavy atom. The van der Waals surface area contributed by atoms with Gasteiger partial charge in [0.1, 0.15) is 5.01 Å². The van der Waals surface area contributed by atoms with E-state index in [-0.39, 0.29) is 12.1 Å². The van der Waals surface area contributed by atoms with Gasteiger partial charge < -0.3 is 5.32 Å². The Bertz CT molecular complexity index is 564. The summed E-state index contributed by atoms with van der Waals surface area (Å²) < 4.78 is 0. The van der Waals surface area contributed by atoms with Crippen LogP contribution in [0.15, 0.2) is 11.6 Å². The molecule has 0 spiro atoms. The van der Waals surface area contributed by atoms with Gasteiger partial charge >= 0.3 is 6.03 Å². The summed E-state index contributed by atoms with van der Waals surface area (Å²) in [5, 5.41) is 9.06. The second kappa shape index (κ2) is 6.12. The predicted molar refractivity (Wildman–Crippen MR) is 78.9 cm³/mol. The van der Waals surface area contributed by atoms with E-state index in [1.807, 2.05) is 32.3 Å². The highest BCUT2D eigenvalue weighted by atomic mass is 32.1. The summed E-state index contributed by atoms with van der Waals surface area (Å²) in [6.45, 7) is 5.94. The van der Waals surface area contributed by atoms with Gasteiger partial charge in [0.25, 0.3) is 0 Å². The van der Waals surface area contributed by atoms with Gasteiger partial charge in [-0.3, -0.25) is 5.32 Å². The van der Waals surface area contributed by atoms with Gasteiger partial charge in [-0.05, 0) is 20.3 Å². The van der Waals surface area contributed by atoms with Crippen molar-refractivity contribution < 1.29 is 4.79 Å². The Balaban J connectivity index is 1.90. The largest absolute Gasteiger partial charge is 0.329 e. The van der Waals surface area contributed by atoms with Crippen molar-refractivity contribution >= 4 is 33.8 Å². The fourth-order valence-electron chi connectivity index (χ4n) is 1.49. The Hall–Kier alpha value is -1.47. The van der Waals surface area contributed by atoms with Crippen LogP contribution in [0.1, 0.15) is 35.5 Å². The van der Waals surface area contributed by atoms with Crippen LogP contribution in [-0.2, 0) is 6.42 Å². The average molecular weight is 296 g/mol. The number of hydrogen-bond acceptors (Lipinski definition) is 5. The van der Waals surface area contributed by atoms with E-state index in [1.165, 1.54) is 11.3 Å². The molecule has 2 rings (SSSR count). The third-order valence-electron chi connectivity index (χ3n) is 2.49. The molecule has 0 aromatic carbocycles. The van der Waals surface area contributed by atoms with Crippen molar-refractivity contribution in [2.45, 2.75) is 33.2 Å². The lowest BCUT2D eigenvalue weighted by atomic mass is 10.4. The first-order valence-electron chi connectivity index (χ1n) is 6.02. The minimum Gasteiger partial charge on any atom is -0.329 e. The molecule has 0 radical (unpaired) electrons. The molecule has 0 saturated heterocycles. The molecule has 2 aromatic heterocycles. The number of carbonyl (C=O) groups is 1. The van der Waals surface area contributed by atoms with E-state index in [1.54, 1.807) is 11.3 Å². The standard InChI is InChI=1S/C12H16N4OS2/c1-4-9-6-18-12(15-9)16-11(17)14-8(3)10-13-5-7(2)19-10/h5-6,8H,4H2,1-3H3,(H2,14,15,16,17)/t8-/m1/s1. The summed E-state index contributed by atoms with van der Waals surface area (Å²) >= 11 is 3.02. The number of aryl methyl sites for hydroxylation is 2. The van der Waals surface area contributed by atoms with Crippen LogP contribution in [0.3, 0.4) is 0 Å². The normalized spacial score (nSPS) is 12.2. The highest BCUT2D eigenvalue weighted by Crippen LogP contribution is 2.19. The predicted octanol–water partition coefficient (Wildman–Crippen LogP) is 3.35. The monoisotopic (exact) mass is 296 g/mol. The van der Waals surface area contributed by atoms with Gasteiger partial charge in [0.2, 0.25) is 0 Å². The molecule has 5 nitrogen and oxygen atoms in total. The maximum Gasteiger partial charge on any atom is 0.321 e. The van der Waals surface area contributed by atoms with Crippen molar-refractivity contribution in [1.82, 2.24) is 15.3 Å². The zero-order valence-corrected chi connectivity index (χ0v) is 12.7. The van der Waals surface area contributed by atoms with E-state index in [2.05, 4.69) is 20.6 Å². The molecular weight excluding hydrogens is 280 g/mol. The molecule has 0 aliphatic rings. The second-order valence-electron chi connectivity index (χ2n) is 4.13. The molecule has 1 atom stereocenters. The Morgan fingerprint density at radius 1 is 1.53 bits per heavy atom. The highest BCUT2D eigenvalue weighted by molar-refractivity contribution is 7.14. The summed E-state index contributed by atoms with van der Waals surface area (Å²) in [6, 6.07) is -0.360. The molecule has 2 N–H and O–H groups in total. The van der Waals surface area contributed by atoms with Crippen molar-refractivity contribution in [2.75, 3.05) is 5.32 Å². The number of amides is 2. The first-order chi connectivity index (χ1) is 9.08. The van der Waals surface area contributed by atoms with Crippen molar-refractivity contribution in [2.24, 2.45) is 0 Å². The number of carbonyl (C=O) groups excluding carboxylic acids is 1. The van der Waals surface area contributed by atoms with Gasteiger partial charge in [-0.2, -0.15) is 0 Å². The van der Waals surface area contributed by atoms with Crippen LogP contribution in [-0.4, -0.2) is 16.0 Å². The zero-order chi connectivity index (χ0) is 13.8. The Morgan fingerprint density at radius 3 is 2.89 bits per heavy atom. The maximum absolute atomic E-state index is 11.8. The molecule has 2 aromatic rings. The number of anilines is 1. The first-order valence-corrected chi connectivity index (χ1v) is 7.72. The molecule has 0 bridgehead atoms. The summed E-state index contributed by atoms with van der Waals surface area (Å²) in [4.78, 5) is 21.5. The molecule has 7 heteroatoms. The van der Waals surface area contributed by atoms with E-state index in [9.17, 15) is 4.79 Å². The van der Waals surface area contributed by atoms with Crippen LogP contribution in [0.5, 0.6) is 0 Å². The average Bonchev–Trinajstić information content (AvgIpc) is 2.97. The SMILES string of the molecule is CCc1csc(NC(=O)N[C@H](C)c2ncc(C)s2)n1. The van der Waals surface area contributed by atoms with E-state index in [0.717, 1.165) is 22.0 Å². The fraction of sp³-hybridized carbons (Fsp3) is 0.417. The zero-order valence-electron chi connectivity index (χ0n) is 11.1. The Labute approximate surface area is 120 Å². The molecule has 0 aliphatic carbocycles. The molecule has 0 fully saturated rings. The van der Waals surface area contributed by atoms with Gasteiger partial charge in [0, 0.05) is 16.5 Å². The maximum atomic E-state index is 11.8. The molecular formula is C12H16N4OS2. The minimum absolute atomic E-state index is 0.107. The van der Waals surface area contributed by atoms with Gasteiger partial charge in [-0.25, -0.2) is 14.8 Å². The highest BCUT2D eigenvalue weighted by Gasteiger charge is 2.13. The van der Waals surface area contributed by atoms with Crippen LogP contribution in [0.4, 0.5) is 9.93 Å². The van der Waals surface area contributed by atoms with Crippen molar-refractivity contribution in [3.63, 3.8) is 0 Å². The smallest absolute Gasteiger partial charge is 0.321 e. The number of urea groups is 1. The first kappa shape index (κ1) is 14.0. The summed E-state index contributed by atoms with van der Waals surface area (Å²) in [5.74, 6) is 0. The number of thiazole rings is 2. The number of hydrogen-bond donors (Lipinski definition) is 2. The van der Waals surface area contributed by atoms with E-state index < -0.39 is 0 Å². The topological polar surface area (TPSA) is 66.9 Å². The van der Waals surface area contributed by atoms with Gasteiger partial charge in [-0.15, -0.1) is 22.7 Å². The molecule has 0 aliphatic heterocycles. The lowest BCUT2D eigenvalue weighted by Crippen LogP contribution is -2.31. The van der Waals surface area contributed by atoms with Crippen molar-refractivity contribution in [3.8, 4) is 0 Å². The number of rotatable bonds is 4. The molecule has 2 amide bonds. The number of nitrogens with one attached hydrogen (secondary N) is 2. The molecule has 19 heavy (non-hydrogen) atoms. The molecule has 0 unspecified atom stereocenters. The van der Waals surface area contributed by atoms with E-state index >= 15 is 0 Å². The van der Waals surface area contributed by atoms with E-state index in [4.69, 9.17) is 0 Å². The Kier molecular flexibility index (Phi) is 4.49. The quantitative estimate of drug-likeness (QED) is 0.909. The summed E-state index contributed by atoms with van der Waals surface area (Å²) in [5.41, 5.74) is 0.990. The van der Waals surface area contributed by atoms with Crippen LogP contribution in [0.2, 0.25) is 0 Å². The minimum atomic E-state index is -0.252. The third-order valence-corrected chi connectivity index (χ3v) is 4.39. The van der Waals surface area contributed by atoms with Crippen LogP contribution < -0.4 is 10.6 Å². The fourth-order valence-corrected chi connectivity index (χ4v) is 3.06. The van der Waals surface area contributed by atoms with E-state index in [0.29, 0.717) is 5.13 Å². The van der Waals surface area contributed by atoms with Crippen LogP contribution in [0, 0.1) is 6.92 Å². The van der Waals surface area contributed by atoms with Crippen LogP contribution >= 0.6 is 22.7 Å². The molecule has 102 valence electrons. The van der Waals surface area contributed by atoms with Crippen LogP contribution in [0.25, 0.3) is 0 Å². The molecule has 2 heterocycles. The summed E-state index contributed by atoms with van der Waals surface area (Å²) in [6.07, 6.45) is 2.68. The summed E-state index contributed by atoms with van der Waals surface area (Å²) in [7, 11) is 0. The van der Waals surface area contributed by atoms with Crippen molar-refractivity contribution in [3.05, 3.63) is 27.2 Å². The number of aromatic nitrogens is 2. The lowest BCUT2D eigenvalue weighted by molar-refractivity contribution is 0.249. The third kappa shape index (κ3) is 3.74. The second-order valence-corrected chi connectivity index (χ2v) is 6.25.